The van der Waals surface area contributed by atoms with Crippen LogP contribution in [0.4, 0.5) is 18.9 Å². The number of nitrogens with zero attached hydrogens (tertiary/aromatic N) is 1. The molecular weight excluding hydrogens is 432 g/mol. The number of fused-ring (bicyclic) bond motifs is 1. The second-order valence-electron chi connectivity index (χ2n) is 5.83. The molecule has 3 aromatic rings. The van der Waals surface area contributed by atoms with Crippen molar-refractivity contribution in [1.82, 2.24) is 4.98 Å². The molecule has 0 saturated heterocycles. The number of anilines is 1. The van der Waals surface area contributed by atoms with Crippen LogP contribution in [0.5, 0.6) is 0 Å². The number of aromatic nitrogens is 1. The molecule has 0 radical (unpaired) electrons. The highest BCUT2D eigenvalue weighted by atomic mass is 35.5. The zero-order chi connectivity index (χ0) is 21.2. The van der Waals surface area contributed by atoms with Crippen molar-refractivity contribution < 1.29 is 27.5 Å². The molecule has 0 unspecified atom stereocenters. The Bertz CT molecular complexity index is 1100. The van der Waals surface area contributed by atoms with E-state index in [1.165, 1.54) is 18.2 Å². The predicted octanol–water partition coefficient (Wildman–Crippen LogP) is 5.36. The van der Waals surface area contributed by atoms with Crippen LogP contribution in [0.25, 0.3) is 10.9 Å². The van der Waals surface area contributed by atoms with E-state index >= 15 is 0 Å². The molecule has 1 aromatic heterocycles. The van der Waals surface area contributed by atoms with Crippen LogP contribution in [-0.2, 0) is 15.7 Å². The standard InChI is InChI=1S/C19H11Cl2F3N2O3/c20-13-3-1-2-12(19(22,23)24)17(13)26-16(27)9-29-18(28)11-4-6-14-10(8-11)5-7-15(21)25-14/h1-8H,9H2,(H,26,27). The molecule has 0 spiro atoms. The van der Waals surface area contributed by atoms with E-state index in [2.05, 4.69) is 4.98 Å². The summed E-state index contributed by atoms with van der Waals surface area (Å²) in [5, 5.41) is 2.66. The Morgan fingerprint density at radius 1 is 1.07 bits per heavy atom. The molecule has 2 aromatic carbocycles. The molecule has 1 heterocycles. The third-order valence-corrected chi connectivity index (χ3v) is 4.33. The lowest BCUT2D eigenvalue weighted by Crippen LogP contribution is -2.23. The van der Waals surface area contributed by atoms with Gasteiger partial charge >= 0.3 is 12.1 Å². The Kier molecular flexibility index (Phi) is 5.95. The van der Waals surface area contributed by atoms with Crippen molar-refractivity contribution in [3.63, 3.8) is 0 Å². The number of para-hydroxylation sites is 1. The van der Waals surface area contributed by atoms with Crippen LogP contribution >= 0.6 is 23.2 Å². The second kappa shape index (κ2) is 8.26. The highest BCUT2D eigenvalue weighted by Crippen LogP contribution is 2.38. The van der Waals surface area contributed by atoms with Gasteiger partial charge in [0.25, 0.3) is 5.91 Å². The van der Waals surface area contributed by atoms with E-state index in [0.29, 0.717) is 16.1 Å². The maximum atomic E-state index is 13.1. The normalized spacial score (nSPS) is 11.3. The summed E-state index contributed by atoms with van der Waals surface area (Å²) in [5.74, 6) is -1.79. The molecule has 5 nitrogen and oxygen atoms in total. The zero-order valence-corrected chi connectivity index (χ0v) is 15.9. The van der Waals surface area contributed by atoms with Gasteiger partial charge in [-0.2, -0.15) is 13.2 Å². The fourth-order valence-electron chi connectivity index (χ4n) is 2.51. The van der Waals surface area contributed by atoms with Gasteiger partial charge in [-0.1, -0.05) is 29.3 Å². The summed E-state index contributed by atoms with van der Waals surface area (Å²) in [4.78, 5) is 28.2. The van der Waals surface area contributed by atoms with Crippen LogP contribution in [0, 0.1) is 0 Å². The Morgan fingerprint density at radius 2 is 1.83 bits per heavy atom. The van der Waals surface area contributed by atoms with Gasteiger partial charge in [0.2, 0.25) is 0 Å². The summed E-state index contributed by atoms with van der Waals surface area (Å²) in [5.41, 5.74) is -1.00. The average molecular weight is 443 g/mol. The maximum absolute atomic E-state index is 13.1. The SMILES string of the molecule is O=C(COC(=O)c1ccc2nc(Cl)ccc2c1)Nc1c(Cl)cccc1C(F)(F)F. The molecule has 1 amide bonds. The van der Waals surface area contributed by atoms with Crippen LogP contribution in [0.15, 0.2) is 48.5 Å². The van der Waals surface area contributed by atoms with Crippen molar-refractivity contribution in [2.45, 2.75) is 6.18 Å². The number of hydrogen-bond acceptors (Lipinski definition) is 4. The van der Waals surface area contributed by atoms with Gasteiger partial charge in [-0.3, -0.25) is 4.79 Å². The number of benzene rings is 2. The Balaban J connectivity index is 1.69. The minimum absolute atomic E-state index is 0.142. The quantitative estimate of drug-likeness (QED) is 0.436. The summed E-state index contributed by atoms with van der Waals surface area (Å²) >= 11 is 11.6. The van der Waals surface area contributed by atoms with Gasteiger partial charge in [-0.05, 0) is 42.5 Å². The molecule has 0 aliphatic carbocycles. The molecule has 3 rings (SSSR count). The van der Waals surface area contributed by atoms with Crippen LogP contribution in [-0.4, -0.2) is 23.5 Å². The molecule has 0 atom stereocenters. The van der Waals surface area contributed by atoms with Crippen LogP contribution < -0.4 is 5.32 Å². The van der Waals surface area contributed by atoms with E-state index in [0.717, 1.165) is 12.1 Å². The Labute approximate surface area is 172 Å². The number of ether oxygens (including phenoxy) is 1. The van der Waals surface area contributed by atoms with E-state index in [1.807, 2.05) is 5.32 Å². The van der Waals surface area contributed by atoms with Crippen molar-refractivity contribution in [2.75, 3.05) is 11.9 Å². The lowest BCUT2D eigenvalue weighted by Gasteiger charge is -2.15. The highest BCUT2D eigenvalue weighted by molar-refractivity contribution is 6.34. The van der Waals surface area contributed by atoms with Crippen molar-refractivity contribution in [3.8, 4) is 0 Å². The summed E-state index contributed by atoms with van der Waals surface area (Å²) in [6, 6.07) is 10.8. The molecule has 0 fully saturated rings. The summed E-state index contributed by atoms with van der Waals surface area (Å²) in [6.07, 6.45) is -4.72. The number of amides is 1. The van der Waals surface area contributed by atoms with Crippen LogP contribution in [0.2, 0.25) is 10.2 Å². The third-order valence-electron chi connectivity index (χ3n) is 3.81. The zero-order valence-electron chi connectivity index (χ0n) is 14.4. The number of alkyl halides is 3. The first-order chi connectivity index (χ1) is 13.6. The fraction of sp³-hybridized carbons (Fsp3) is 0.105. The van der Waals surface area contributed by atoms with Gasteiger partial charge in [0, 0.05) is 5.39 Å². The number of esters is 1. The first-order valence-corrected chi connectivity index (χ1v) is 8.80. The lowest BCUT2D eigenvalue weighted by molar-refractivity contribution is -0.137. The minimum atomic E-state index is -4.72. The highest BCUT2D eigenvalue weighted by Gasteiger charge is 2.34. The number of pyridine rings is 1. The topological polar surface area (TPSA) is 68.3 Å². The molecule has 29 heavy (non-hydrogen) atoms. The van der Waals surface area contributed by atoms with Crippen molar-refractivity contribution in [3.05, 3.63) is 69.8 Å². The van der Waals surface area contributed by atoms with Crippen LogP contribution in [0.3, 0.4) is 0 Å². The maximum Gasteiger partial charge on any atom is 0.418 e. The molecule has 0 aliphatic rings. The smallest absolute Gasteiger partial charge is 0.418 e. The number of carbonyl (C=O) groups excluding carboxylic acids is 2. The van der Waals surface area contributed by atoms with Gasteiger partial charge in [0.15, 0.2) is 6.61 Å². The number of halogens is 5. The van der Waals surface area contributed by atoms with Crippen molar-refractivity contribution in [1.29, 1.82) is 0 Å². The molecule has 0 aliphatic heterocycles. The molecule has 10 heteroatoms. The predicted molar refractivity (Wildman–Crippen MR) is 102 cm³/mol. The number of nitrogens with one attached hydrogen (secondary N) is 1. The fourth-order valence-corrected chi connectivity index (χ4v) is 2.88. The number of hydrogen-bond donors (Lipinski definition) is 1. The molecule has 0 saturated carbocycles. The monoisotopic (exact) mass is 442 g/mol. The molecule has 150 valence electrons. The Hall–Kier alpha value is -2.84. The molecule has 0 bridgehead atoms. The van der Waals surface area contributed by atoms with Gasteiger partial charge < -0.3 is 10.1 Å². The van der Waals surface area contributed by atoms with E-state index in [9.17, 15) is 22.8 Å². The van der Waals surface area contributed by atoms with Gasteiger partial charge in [0.1, 0.15) is 5.15 Å². The van der Waals surface area contributed by atoms with Gasteiger partial charge in [-0.15, -0.1) is 0 Å². The van der Waals surface area contributed by atoms with Crippen LogP contribution in [0.1, 0.15) is 15.9 Å². The van der Waals surface area contributed by atoms with Gasteiger partial charge in [0.05, 0.1) is 27.4 Å². The molecular formula is C19H11Cl2F3N2O3. The van der Waals surface area contributed by atoms with E-state index in [1.54, 1.807) is 18.2 Å². The van der Waals surface area contributed by atoms with Gasteiger partial charge in [-0.25, -0.2) is 9.78 Å². The first-order valence-electron chi connectivity index (χ1n) is 8.04. The number of rotatable bonds is 4. The van der Waals surface area contributed by atoms with E-state index < -0.39 is 35.9 Å². The van der Waals surface area contributed by atoms with Crippen molar-refractivity contribution in [2.24, 2.45) is 0 Å². The summed E-state index contributed by atoms with van der Waals surface area (Å²) in [6.45, 7) is -0.793. The lowest BCUT2D eigenvalue weighted by atomic mass is 10.1. The number of carbonyl (C=O) groups is 2. The largest absolute Gasteiger partial charge is 0.452 e. The van der Waals surface area contributed by atoms with E-state index in [4.69, 9.17) is 27.9 Å². The third kappa shape index (κ3) is 4.96. The van der Waals surface area contributed by atoms with E-state index in [-0.39, 0.29) is 10.6 Å². The average Bonchev–Trinajstić information content (AvgIpc) is 2.66. The second-order valence-corrected chi connectivity index (χ2v) is 6.62. The summed E-state index contributed by atoms with van der Waals surface area (Å²) < 4.78 is 44.1. The summed E-state index contributed by atoms with van der Waals surface area (Å²) in [7, 11) is 0. The Morgan fingerprint density at radius 3 is 2.55 bits per heavy atom. The first kappa shape index (κ1) is 20.9. The molecule has 1 N–H and O–H groups in total. The minimum Gasteiger partial charge on any atom is -0.452 e. The van der Waals surface area contributed by atoms with Crippen molar-refractivity contribution >= 4 is 51.7 Å².